The molecule has 178 valence electrons. The Bertz CT molecular complexity index is 1180. The summed E-state index contributed by atoms with van der Waals surface area (Å²) in [6.45, 7) is 1.03. The standard InChI is InChI=1S/C29H29N3O2S/c30-19-24-13-7-8-14-25(24)21-35-18-17-31-29(34)26-15-16-27(33)32(20-22-9-3-1-4-10-22)28(26)23-11-5-2-6-12-23/h1-14,26,28H,15-18,20-21H2,(H,31,34). The number of hydrogen-bond donors (Lipinski definition) is 1. The molecule has 3 aromatic rings. The number of thioether (sulfide) groups is 1. The Hall–Kier alpha value is -3.56. The normalized spacial score (nSPS) is 17.6. The first-order valence-electron chi connectivity index (χ1n) is 11.9. The molecule has 35 heavy (non-hydrogen) atoms. The van der Waals surface area contributed by atoms with Crippen LogP contribution in [0.5, 0.6) is 0 Å². The number of nitrogens with one attached hydrogen (secondary N) is 1. The average Bonchev–Trinajstić information content (AvgIpc) is 2.90. The number of hydrogen-bond acceptors (Lipinski definition) is 4. The van der Waals surface area contributed by atoms with Gasteiger partial charge in [0.15, 0.2) is 0 Å². The second-order valence-corrected chi connectivity index (χ2v) is 9.73. The van der Waals surface area contributed by atoms with Crippen molar-refractivity contribution in [2.24, 2.45) is 5.92 Å². The van der Waals surface area contributed by atoms with Crippen molar-refractivity contribution >= 4 is 23.6 Å². The molecule has 6 heteroatoms. The maximum atomic E-state index is 13.3. The maximum absolute atomic E-state index is 13.3. The van der Waals surface area contributed by atoms with Crippen LogP contribution in [-0.2, 0) is 21.9 Å². The Morgan fingerprint density at radius 3 is 2.43 bits per heavy atom. The van der Waals surface area contributed by atoms with Crippen LogP contribution in [0.2, 0.25) is 0 Å². The van der Waals surface area contributed by atoms with E-state index in [9.17, 15) is 14.9 Å². The quantitative estimate of drug-likeness (QED) is 0.431. The number of carbonyl (C=O) groups is 2. The van der Waals surface area contributed by atoms with Crippen molar-refractivity contribution in [2.45, 2.75) is 31.2 Å². The van der Waals surface area contributed by atoms with Gasteiger partial charge in [0.25, 0.3) is 0 Å². The van der Waals surface area contributed by atoms with Crippen LogP contribution in [0, 0.1) is 17.2 Å². The Balaban J connectivity index is 1.41. The highest BCUT2D eigenvalue weighted by molar-refractivity contribution is 7.98. The molecule has 0 saturated carbocycles. The second-order valence-electron chi connectivity index (χ2n) is 8.62. The van der Waals surface area contributed by atoms with Gasteiger partial charge < -0.3 is 10.2 Å². The number of nitriles is 1. The molecule has 2 unspecified atom stereocenters. The molecule has 1 heterocycles. The van der Waals surface area contributed by atoms with Gasteiger partial charge in [0.05, 0.1) is 23.6 Å². The van der Waals surface area contributed by atoms with Crippen molar-refractivity contribution in [3.8, 4) is 6.07 Å². The average molecular weight is 484 g/mol. The van der Waals surface area contributed by atoms with Gasteiger partial charge in [-0.1, -0.05) is 78.9 Å². The number of rotatable bonds is 9. The van der Waals surface area contributed by atoms with Crippen molar-refractivity contribution in [3.05, 3.63) is 107 Å². The van der Waals surface area contributed by atoms with Crippen molar-refractivity contribution in [1.29, 1.82) is 5.26 Å². The van der Waals surface area contributed by atoms with Crippen LogP contribution >= 0.6 is 11.8 Å². The minimum absolute atomic E-state index is 0.0116. The minimum atomic E-state index is -0.303. The van der Waals surface area contributed by atoms with Gasteiger partial charge >= 0.3 is 0 Å². The van der Waals surface area contributed by atoms with Crippen LogP contribution in [0.1, 0.15) is 41.1 Å². The highest BCUT2D eigenvalue weighted by Crippen LogP contribution is 2.38. The van der Waals surface area contributed by atoms with Crippen LogP contribution in [0.15, 0.2) is 84.9 Å². The highest BCUT2D eigenvalue weighted by Gasteiger charge is 2.40. The van der Waals surface area contributed by atoms with Gasteiger partial charge in [-0.05, 0) is 29.2 Å². The van der Waals surface area contributed by atoms with Crippen molar-refractivity contribution in [2.75, 3.05) is 12.3 Å². The largest absolute Gasteiger partial charge is 0.355 e. The van der Waals surface area contributed by atoms with Crippen molar-refractivity contribution in [3.63, 3.8) is 0 Å². The summed E-state index contributed by atoms with van der Waals surface area (Å²) in [5, 5.41) is 12.3. The van der Waals surface area contributed by atoms with Crippen LogP contribution < -0.4 is 5.32 Å². The second kappa shape index (κ2) is 12.2. The fourth-order valence-corrected chi connectivity index (χ4v) is 5.43. The van der Waals surface area contributed by atoms with Crippen molar-refractivity contribution < 1.29 is 9.59 Å². The maximum Gasteiger partial charge on any atom is 0.225 e. The van der Waals surface area contributed by atoms with E-state index in [1.54, 1.807) is 11.8 Å². The number of amides is 2. The molecule has 0 bridgehead atoms. The molecule has 2 atom stereocenters. The molecule has 1 fully saturated rings. The highest BCUT2D eigenvalue weighted by atomic mass is 32.2. The Labute approximate surface area is 211 Å². The van der Waals surface area contributed by atoms with Gasteiger partial charge in [-0.2, -0.15) is 17.0 Å². The molecule has 1 N–H and O–H groups in total. The van der Waals surface area contributed by atoms with Gasteiger partial charge in [-0.15, -0.1) is 0 Å². The topological polar surface area (TPSA) is 73.2 Å². The zero-order valence-corrected chi connectivity index (χ0v) is 20.4. The predicted octanol–water partition coefficient (Wildman–Crippen LogP) is 5.09. The molecule has 0 aromatic heterocycles. The molecule has 5 nitrogen and oxygen atoms in total. The molecule has 4 rings (SSSR count). The molecule has 3 aromatic carbocycles. The first-order valence-corrected chi connectivity index (χ1v) is 13.0. The Kier molecular flexibility index (Phi) is 8.58. The van der Waals surface area contributed by atoms with Crippen LogP contribution in [-0.4, -0.2) is 29.0 Å². The predicted molar refractivity (Wildman–Crippen MR) is 139 cm³/mol. The van der Waals surface area contributed by atoms with Crippen LogP contribution in [0.25, 0.3) is 0 Å². The molecule has 1 aliphatic heterocycles. The van der Waals surface area contributed by atoms with Crippen LogP contribution in [0.3, 0.4) is 0 Å². The lowest BCUT2D eigenvalue weighted by Crippen LogP contribution is -2.48. The Morgan fingerprint density at radius 2 is 1.69 bits per heavy atom. The number of nitrogens with zero attached hydrogens (tertiary/aromatic N) is 2. The fraction of sp³-hybridized carbons (Fsp3) is 0.276. The van der Waals surface area contributed by atoms with E-state index in [1.807, 2.05) is 89.8 Å². The lowest BCUT2D eigenvalue weighted by molar-refractivity contribution is -0.144. The van der Waals surface area contributed by atoms with Gasteiger partial charge in [0.2, 0.25) is 11.8 Å². The first kappa shape index (κ1) is 24.6. The Morgan fingerprint density at radius 1 is 1.00 bits per heavy atom. The van der Waals surface area contributed by atoms with Gasteiger partial charge in [-0.25, -0.2) is 0 Å². The molecule has 0 radical (unpaired) electrons. The minimum Gasteiger partial charge on any atom is -0.355 e. The van der Waals surface area contributed by atoms with E-state index < -0.39 is 0 Å². The molecule has 2 amide bonds. The number of piperidine rings is 1. The third-order valence-corrected chi connectivity index (χ3v) is 7.33. The molecular weight excluding hydrogens is 454 g/mol. The zero-order chi connectivity index (χ0) is 24.5. The van der Waals surface area contributed by atoms with Gasteiger partial charge in [0, 0.05) is 31.0 Å². The number of benzene rings is 3. The summed E-state index contributed by atoms with van der Waals surface area (Å²) in [6, 6.07) is 29.3. The summed E-state index contributed by atoms with van der Waals surface area (Å²) < 4.78 is 0. The summed E-state index contributed by atoms with van der Waals surface area (Å²) in [7, 11) is 0. The lowest BCUT2D eigenvalue weighted by Gasteiger charge is -2.41. The van der Waals surface area contributed by atoms with Gasteiger partial charge in [-0.3, -0.25) is 9.59 Å². The first-order chi connectivity index (χ1) is 17.2. The van der Waals surface area contributed by atoms with E-state index in [4.69, 9.17) is 0 Å². The molecule has 1 aliphatic rings. The van der Waals surface area contributed by atoms with E-state index in [-0.39, 0.29) is 23.8 Å². The zero-order valence-electron chi connectivity index (χ0n) is 19.6. The van der Waals surface area contributed by atoms with Crippen LogP contribution in [0.4, 0.5) is 0 Å². The summed E-state index contributed by atoms with van der Waals surface area (Å²) in [4.78, 5) is 28.2. The molecule has 1 saturated heterocycles. The van der Waals surface area contributed by atoms with Gasteiger partial charge in [0.1, 0.15) is 0 Å². The smallest absolute Gasteiger partial charge is 0.225 e. The van der Waals surface area contributed by atoms with E-state index in [0.717, 1.165) is 28.2 Å². The monoisotopic (exact) mass is 483 g/mol. The number of likely N-dealkylation sites (tertiary alicyclic amines) is 1. The van der Waals surface area contributed by atoms with E-state index >= 15 is 0 Å². The molecule has 0 spiro atoms. The van der Waals surface area contributed by atoms with E-state index in [1.165, 1.54) is 0 Å². The summed E-state index contributed by atoms with van der Waals surface area (Å²) in [5.74, 6) is 1.25. The molecular formula is C29H29N3O2S. The molecule has 0 aliphatic carbocycles. The SMILES string of the molecule is N#Cc1ccccc1CSCCNC(=O)C1CCC(=O)N(Cc2ccccc2)C1c1ccccc1. The fourth-order valence-electron chi connectivity index (χ4n) is 4.57. The lowest BCUT2D eigenvalue weighted by atomic mass is 9.83. The van der Waals surface area contributed by atoms with E-state index in [2.05, 4.69) is 11.4 Å². The summed E-state index contributed by atoms with van der Waals surface area (Å²) in [5.41, 5.74) is 3.74. The summed E-state index contributed by atoms with van der Waals surface area (Å²) >= 11 is 1.69. The van der Waals surface area contributed by atoms with Crippen molar-refractivity contribution in [1.82, 2.24) is 10.2 Å². The number of carbonyl (C=O) groups excluding carboxylic acids is 2. The third kappa shape index (κ3) is 6.32. The third-order valence-electron chi connectivity index (χ3n) is 6.32. The summed E-state index contributed by atoms with van der Waals surface area (Å²) in [6.07, 6.45) is 0.909. The van der Waals surface area contributed by atoms with E-state index in [0.29, 0.717) is 31.5 Å².